The molecule has 0 aromatic carbocycles. The molecule has 3 atom stereocenters. The van der Waals surface area contributed by atoms with Crippen LogP contribution in [-0.4, -0.2) is 59.9 Å². The van der Waals surface area contributed by atoms with Gasteiger partial charge < -0.3 is 25.2 Å². The largest absolute Gasteiger partial charge is 0.480 e. The number of allylic oxidation sites excluding steroid dienone is 7. The van der Waals surface area contributed by atoms with Crippen LogP contribution < -0.4 is 5.73 Å². The van der Waals surface area contributed by atoms with Crippen molar-refractivity contribution in [3.63, 3.8) is 0 Å². The molecule has 0 spiro atoms. The van der Waals surface area contributed by atoms with Crippen LogP contribution in [0.3, 0.4) is 0 Å². The standard InChI is InChI=1S/C44H78NO10P/c1-3-5-7-9-11-13-15-17-19-20-22-23-25-27-29-31-33-35-42(46)52-37-40(38-53-56(50,51)54-39-41(45)44(48)49)55-43(47)36-34-32-30-28-26-24-21-18-16-14-12-10-8-6-4-2/h22-23,27,29-30,32,34,36,40-41H,3-21,24-26,28,31,33,35,37-39,45H2,1-2H3,(H,48,49)(H,50,51)/b23-22+,29-27+,32-30+,36-34+/t40-,41+/m1/s1. The van der Waals surface area contributed by atoms with Gasteiger partial charge in [0.2, 0.25) is 0 Å². The second-order valence-corrected chi connectivity index (χ2v) is 16.0. The van der Waals surface area contributed by atoms with Crippen LogP contribution in [0, 0.1) is 0 Å². The minimum absolute atomic E-state index is 0.138. The van der Waals surface area contributed by atoms with Crippen molar-refractivity contribution in [3.05, 3.63) is 48.6 Å². The van der Waals surface area contributed by atoms with E-state index in [1.807, 2.05) is 12.2 Å². The normalized spacial score (nSPS) is 14.2. The smallest absolute Gasteiger partial charge is 0.472 e. The Morgan fingerprint density at radius 1 is 0.607 bits per heavy atom. The van der Waals surface area contributed by atoms with Crippen LogP contribution in [0.2, 0.25) is 0 Å². The number of hydrogen-bond acceptors (Lipinski definition) is 9. The molecule has 0 radical (unpaired) electrons. The minimum Gasteiger partial charge on any atom is -0.480 e. The summed E-state index contributed by atoms with van der Waals surface area (Å²) in [6, 6.07) is -1.54. The Hall–Kier alpha value is -2.56. The third kappa shape index (κ3) is 38.3. The second-order valence-electron chi connectivity index (χ2n) is 14.5. The van der Waals surface area contributed by atoms with E-state index in [0.29, 0.717) is 12.8 Å². The maximum Gasteiger partial charge on any atom is 0.472 e. The van der Waals surface area contributed by atoms with Crippen LogP contribution >= 0.6 is 7.82 Å². The Morgan fingerprint density at radius 3 is 1.59 bits per heavy atom. The lowest BCUT2D eigenvalue weighted by Crippen LogP contribution is -2.34. The number of phosphoric acid groups is 1. The fraction of sp³-hybridized carbons (Fsp3) is 0.750. The lowest BCUT2D eigenvalue weighted by Gasteiger charge is -2.19. The summed E-state index contributed by atoms with van der Waals surface area (Å²) in [4.78, 5) is 45.8. The highest BCUT2D eigenvalue weighted by Crippen LogP contribution is 2.43. The van der Waals surface area contributed by atoms with Crippen molar-refractivity contribution in [2.24, 2.45) is 5.73 Å². The average molecular weight is 812 g/mol. The molecule has 324 valence electrons. The quantitative estimate of drug-likeness (QED) is 0.0134. The van der Waals surface area contributed by atoms with E-state index in [-0.39, 0.29) is 6.42 Å². The van der Waals surface area contributed by atoms with Crippen LogP contribution in [0.1, 0.15) is 181 Å². The zero-order valence-electron chi connectivity index (χ0n) is 35.0. The molecule has 0 aromatic heterocycles. The fourth-order valence-electron chi connectivity index (χ4n) is 5.72. The van der Waals surface area contributed by atoms with Gasteiger partial charge in [0.05, 0.1) is 13.2 Å². The molecule has 12 heteroatoms. The van der Waals surface area contributed by atoms with Crippen molar-refractivity contribution >= 4 is 25.7 Å². The highest BCUT2D eigenvalue weighted by atomic mass is 31.2. The van der Waals surface area contributed by atoms with Gasteiger partial charge in [-0.2, -0.15) is 0 Å². The molecule has 0 aliphatic carbocycles. The topological polar surface area (TPSA) is 172 Å². The van der Waals surface area contributed by atoms with E-state index in [1.165, 1.54) is 128 Å². The van der Waals surface area contributed by atoms with Gasteiger partial charge in [-0.25, -0.2) is 9.36 Å². The lowest BCUT2D eigenvalue weighted by atomic mass is 10.1. The first-order valence-electron chi connectivity index (χ1n) is 21.7. The number of rotatable bonds is 40. The average Bonchev–Trinajstić information content (AvgIpc) is 3.17. The second kappa shape index (κ2) is 39.3. The maximum atomic E-state index is 12.5. The summed E-state index contributed by atoms with van der Waals surface area (Å²) in [5, 5.41) is 8.87. The van der Waals surface area contributed by atoms with E-state index in [2.05, 4.69) is 36.6 Å². The van der Waals surface area contributed by atoms with E-state index in [0.717, 1.165) is 25.7 Å². The van der Waals surface area contributed by atoms with Crippen molar-refractivity contribution in [2.75, 3.05) is 19.8 Å². The number of carboxylic acid groups (broad SMARTS) is 1. The highest BCUT2D eigenvalue weighted by molar-refractivity contribution is 7.47. The third-order valence-electron chi connectivity index (χ3n) is 9.16. The first kappa shape index (κ1) is 53.4. The molecule has 0 rings (SSSR count). The van der Waals surface area contributed by atoms with Gasteiger partial charge in [-0.1, -0.05) is 172 Å². The molecule has 0 bridgehead atoms. The summed E-state index contributed by atoms with van der Waals surface area (Å²) in [6.07, 6.45) is 44.0. The number of carbonyl (C=O) groups excluding carboxylic acids is 2. The van der Waals surface area contributed by atoms with Crippen molar-refractivity contribution in [1.29, 1.82) is 0 Å². The van der Waals surface area contributed by atoms with Gasteiger partial charge in [0, 0.05) is 12.5 Å². The Labute approximate surface area is 339 Å². The van der Waals surface area contributed by atoms with Crippen LogP contribution in [0.15, 0.2) is 48.6 Å². The zero-order chi connectivity index (χ0) is 41.4. The molecular weight excluding hydrogens is 733 g/mol. The van der Waals surface area contributed by atoms with Crippen LogP contribution in [0.4, 0.5) is 0 Å². The van der Waals surface area contributed by atoms with Gasteiger partial charge in [-0.05, 0) is 44.9 Å². The summed E-state index contributed by atoms with van der Waals surface area (Å²) in [6.45, 7) is 2.65. The highest BCUT2D eigenvalue weighted by Gasteiger charge is 2.27. The number of esters is 2. The molecule has 0 heterocycles. The van der Waals surface area contributed by atoms with Gasteiger partial charge in [0.15, 0.2) is 6.10 Å². The van der Waals surface area contributed by atoms with Gasteiger partial charge in [-0.3, -0.25) is 18.6 Å². The minimum atomic E-state index is -4.75. The Balaban J connectivity index is 4.52. The predicted molar refractivity (Wildman–Crippen MR) is 226 cm³/mol. The Kier molecular flexibility index (Phi) is 37.5. The summed E-state index contributed by atoms with van der Waals surface area (Å²) >= 11 is 0. The van der Waals surface area contributed by atoms with Crippen molar-refractivity contribution < 1.29 is 47.5 Å². The first-order chi connectivity index (χ1) is 27.1. The molecule has 56 heavy (non-hydrogen) atoms. The van der Waals surface area contributed by atoms with Gasteiger partial charge in [0.25, 0.3) is 0 Å². The van der Waals surface area contributed by atoms with Crippen molar-refractivity contribution in [3.8, 4) is 0 Å². The third-order valence-corrected chi connectivity index (χ3v) is 10.1. The molecule has 0 saturated carbocycles. The summed E-state index contributed by atoms with van der Waals surface area (Å²) in [7, 11) is -4.75. The summed E-state index contributed by atoms with van der Waals surface area (Å²) in [5.74, 6) is -2.70. The van der Waals surface area contributed by atoms with E-state index < -0.39 is 57.7 Å². The molecule has 0 aliphatic heterocycles. The van der Waals surface area contributed by atoms with E-state index >= 15 is 0 Å². The molecule has 0 saturated heterocycles. The summed E-state index contributed by atoms with van der Waals surface area (Å²) in [5.41, 5.74) is 5.32. The van der Waals surface area contributed by atoms with Crippen LogP contribution in [-0.2, 0) is 37.5 Å². The van der Waals surface area contributed by atoms with Gasteiger partial charge >= 0.3 is 25.7 Å². The number of unbranched alkanes of at least 4 members (excludes halogenated alkanes) is 21. The van der Waals surface area contributed by atoms with Gasteiger partial charge in [-0.15, -0.1) is 0 Å². The molecule has 0 fully saturated rings. The Bertz CT molecular complexity index is 1140. The van der Waals surface area contributed by atoms with E-state index in [4.69, 9.17) is 24.8 Å². The molecule has 0 aliphatic rings. The zero-order valence-corrected chi connectivity index (χ0v) is 35.9. The molecule has 0 amide bonds. The maximum absolute atomic E-state index is 12.5. The van der Waals surface area contributed by atoms with Crippen LogP contribution in [0.25, 0.3) is 0 Å². The molecular formula is C44H78NO10P. The number of carboxylic acids is 1. The summed E-state index contributed by atoms with van der Waals surface area (Å²) < 4.78 is 32.4. The number of hydrogen-bond donors (Lipinski definition) is 3. The lowest BCUT2D eigenvalue weighted by molar-refractivity contribution is -0.157. The number of ether oxygens (including phenoxy) is 2. The first-order valence-corrected chi connectivity index (χ1v) is 23.2. The van der Waals surface area contributed by atoms with E-state index in [9.17, 15) is 23.8 Å². The number of phosphoric ester groups is 1. The number of aliphatic carboxylic acids is 1. The molecule has 0 aromatic rings. The van der Waals surface area contributed by atoms with Gasteiger partial charge in [0.1, 0.15) is 12.6 Å². The molecule has 11 nitrogen and oxygen atoms in total. The monoisotopic (exact) mass is 812 g/mol. The Morgan fingerprint density at radius 2 is 1.07 bits per heavy atom. The van der Waals surface area contributed by atoms with Crippen molar-refractivity contribution in [1.82, 2.24) is 0 Å². The van der Waals surface area contributed by atoms with Crippen LogP contribution in [0.5, 0.6) is 0 Å². The predicted octanol–water partition coefficient (Wildman–Crippen LogP) is 11.4. The number of carbonyl (C=O) groups is 3. The SMILES string of the molecule is CCCCCCCCCCC/C=C/C/C=C/CCCC(=O)OC[C@H](COP(=O)(O)OC[C@H](N)C(=O)O)OC(=O)/C=C/C=C/CCCCCCCCCCCCC. The van der Waals surface area contributed by atoms with E-state index in [1.54, 1.807) is 12.2 Å². The van der Waals surface area contributed by atoms with Crippen molar-refractivity contribution in [2.45, 2.75) is 193 Å². The fourth-order valence-corrected chi connectivity index (χ4v) is 6.50. The number of nitrogens with two attached hydrogens (primary N) is 1. The molecule has 4 N–H and O–H groups in total. The molecule has 1 unspecified atom stereocenters.